The zero-order valence-corrected chi connectivity index (χ0v) is 14.4. The van der Waals surface area contributed by atoms with Crippen molar-refractivity contribution in [2.24, 2.45) is 0 Å². The Hall–Kier alpha value is -2.60. The Kier molecular flexibility index (Phi) is 6.57. The van der Waals surface area contributed by atoms with Crippen LogP contribution in [-0.4, -0.2) is 50.1 Å². The highest BCUT2D eigenvalue weighted by atomic mass is 16.5. The Bertz CT molecular complexity index is 674. The van der Waals surface area contributed by atoms with Crippen molar-refractivity contribution in [3.05, 3.63) is 48.3 Å². The summed E-state index contributed by atoms with van der Waals surface area (Å²) in [4.78, 5) is 18.4. The van der Waals surface area contributed by atoms with Gasteiger partial charge in [0.25, 0.3) is 5.91 Å². The topological polar surface area (TPSA) is 66.5 Å². The summed E-state index contributed by atoms with van der Waals surface area (Å²) < 4.78 is 5.32. The minimum absolute atomic E-state index is 0.169. The number of methoxy groups -OCH3 is 1. The van der Waals surface area contributed by atoms with Crippen LogP contribution in [0.3, 0.4) is 0 Å². The fourth-order valence-electron chi connectivity index (χ4n) is 2.22. The maximum absolute atomic E-state index is 12.2. The number of carbonyl (C=O) groups excluding carboxylic acids is 1. The zero-order chi connectivity index (χ0) is 17.4. The van der Waals surface area contributed by atoms with Gasteiger partial charge in [-0.05, 0) is 51.3 Å². The lowest BCUT2D eigenvalue weighted by Crippen LogP contribution is -2.27. The maximum Gasteiger partial charge on any atom is 0.269 e. The average molecular weight is 328 g/mol. The van der Waals surface area contributed by atoms with Crippen LogP contribution < -0.4 is 15.4 Å². The molecule has 6 nitrogen and oxygen atoms in total. The van der Waals surface area contributed by atoms with E-state index in [4.69, 9.17) is 4.74 Å². The van der Waals surface area contributed by atoms with Gasteiger partial charge in [0.05, 0.1) is 12.8 Å². The molecule has 0 atom stereocenters. The number of nitrogens with one attached hydrogen (secondary N) is 2. The van der Waals surface area contributed by atoms with Crippen LogP contribution in [0.15, 0.2) is 42.6 Å². The van der Waals surface area contributed by atoms with Crippen molar-refractivity contribution < 1.29 is 9.53 Å². The maximum atomic E-state index is 12.2. The largest absolute Gasteiger partial charge is 0.495 e. The van der Waals surface area contributed by atoms with E-state index in [0.29, 0.717) is 12.2 Å². The Morgan fingerprint density at radius 1 is 1.25 bits per heavy atom. The average Bonchev–Trinajstić information content (AvgIpc) is 2.59. The van der Waals surface area contributed by atoms with E-state index in [-0.39, 0.29) is 5.91 Å². The van der Waals surface area contributed by atoms with Gasteiger partial charge in [-0.1, -0.05) is 12.1 Å². The highest BCUT2D eigenvalue weighted by Gasteiger charge is 2.08. The zero-order valence-electron chi connectivity index (χ0n) is 14.4. The first-order valence-corrected chi connectivity index (χ1v) is 7.89. The molecule has 0 saturated heterocycles. The summed E-state index contributed by atoms with van der Waals surface area (Å²) in [5.41, 5.74) is 2.01. The Morgan fingerprint density at radius 2 is 2.04 bits per heavy atom. The number of ether oxygens (including phenoxy) is 1. The van der Waals surface area contributed by atoms with E-state index in [1.807, 2.05) is 44.4 Å². The van der Waals surface area contributed by atoms with E-state index in [9.17, 15) is 4.79 Å². The van der Waals surface area contributed by atoms with Crippen LogP contribution in [0.1, 0.15) is 16.9 Å². The van der Waals surface area contributed by atoms with Gasteiger partial charge in [0.15, 0.2) is 0 Å². The lowest BCUT2D eigenvalue weighted by Gasteiger charge is -2.12. The van der Waals surface area contributed by atoms with Gasteiger partial charge in [-0.15, -0.1) is 0 Å². The molecule has 2 N–H and O–H groups in total. The van der Waals surface area contributed by atoms with Gasteiger partial charge in [-0.3, -0.25) is 9.78 Å². The van der Waals surface area contributed by atoms with Gasteiger partial charge in [0.1, 0.15) is 11.4 Å². The second kappa shape index (κ2) is 8.88. The molecule has 0 aliphatic heterocycles. The number of amides is 1. The summed E-state index contributed by atoms with van der Waals surface area (Å²) in [7, 11) is 5.65. The fourth-order valence-corrected chi connectivity index (χ4v) is 2.22. The normalized spacial score (nSPS) is 10.5. The fraction of sp³-hybridized carbons (Fsp3) is 0.333. The van der Waals surface area contributed by atoms with Crippen LogP contribution in [-0.2, 0) is 0 Å². The van der Waals surface area contributed by atoms with Crippen molar-refractivity contribution in [2.45, 2.75) is 6.42 Å². The number of benzene rings is 1. The van der Waals surface area contributed by atoms with E-state index in [2.05, 4.69) is 20.5 Å². The second-order valence-electron chi connectivity index (χ2n) is 5.67. The molecule has 0 fully saturated rings. The molecule has 1 amide bonds. The lowest BCUT2D eigenvalue weighted by molar-refractivity contribution is 0.0947. The Morgan fingerprint density at radius 3 is 2.79 bits per heavy atom. The van der Waals surface area contributed by atoms with E-state index in [1.165, 1.54) is 0 Å². The summed E-state index contributed by atoms with van der Waals surface area (Å²) in [6.45, 7) is 1.56. The summed E-state index contributed by atoms with van der Waals surface area (Å²) in [6.07, 6.45) is 2.52. The molecule has 24 heavy (non-hydrogen) atoms. The van der Waals surface area contributed by atoms with E-state index < -0.39 is 0 Å². The van der Waals surface area contributed by atoms with Crippen LogP contribution in [0.25, 0.3) is 0 Å². The van der Waals surface area contributed by atoms with Crippen LogP contribution >= 0.6 is 0 Å². The minimum atomic E-state index is -0.169. The van der Waals surface area contributed by atoms with Crippen molar-refractivity contribution in [3.63, 3.8) is 0 Å². The summed E-state index contributed by atoms with van der Waals surface area (Å²) in [5.74, 6) is 0.571. The molecule has 0 unspecified atom stereocenters. The molecule has 0 aliphatic rings. The number of nitrogens with zero attached hydrogens (tertiary/aromatic N) is 2. The van der Waals surface area contributed by atoms with Crippen molar-refractivity contribution in [3.8, 4) is 5.75 Å². The molecule has 0 spiro atoms. The molecule has 1 heterocycles. The molecule has 0 bridgehead atoms. The van der Waals surface area contributed by atoms with Crippen molar-refractivity contribution >= 4 is 17.3 Å². The molecule has 128 valence electrons. The van der Waals surface area contributed by atoms with Gasteiger partial charge in [0.2, 0.25) is 0 Å². The highest BCUT2D eigenvalue weighted by Crippen LogP contribution is 2.26. The number of rotatable bonds is 8. The van der Waals surface area contributed by atoms with E-state index in [1.54, 1.807) is 19.4 Å². The van der Waals surface area contributed by atoms with Crippen LogP contribution in [0.5, 0.6) is 5.75 Å². The van der Waals surface area contributed by atoms with Crippen molar-refractivity contribution in [2.75, 3.05) is 39.6 Å². The molecule has 1 aromatic heterocycles. The minimum Gasteiger partial charge on any atom is -0.495 e. The molecule has 1 aromatic carbocycles. The van der Waals surface area contributed by atoms with E-state index >= 15 is 0 Å². The lowest BCUT2D eigenvalue weighted by atomic mass is 10.2. The van der Waals surface area contributed by atoms with Crippen molar-refractivity contribution in [1.82, 2.24) is 15.2 Å². The second-order valence-corrected chi connectivity index (χ2v) is 5.67. The Balaban J connectivity index is 1.99. The molecule has 0 saturated carbocycles. The standard InChI is InChI=1S/C18H24N4O2/c1-22(2)12-6-10-20-18(23)16-13-14(9-11-19-16)21-15-7-4-5-8-17(15)24-3/h4-5,7-9,11,13H,6,10,12H2,1-3H3,(H,19,21)(H,20,23). The number of anilines is 2. The third-order valence-electron chi connectivity index (χ3n) is 3.45. The third kappa shape index (κ3) is 5.24. The van der Waals surface area contributed by atoms with Crippen LogP contribution in [0, 0.1) is 0 Å². The molecule has 2 rings (SSSR count). The molecule has 6 heteroatoms. The predicted molar refractivity (Wildman–Crippen MR) is 96.0 cm³/mol. The number of pyridine rings is 1. The molecule has 0 radical (unpaired) electrons. The SMILES string of the molecule is COc1ccccc1Nc1ccnc(C(=O)NCCCN(C)C)c1. The number of hydrogen-bond donors (Lipinski definition) is 2. The first-order valence-electron chi connectivity index (χ1n) is 7.89. The molecular weight excluding hydrogens is 304 g/mol. The van der Waals surface area contributed by atoms with Crippen LogP contribution in [0.4, 0.5) is 11.4 Å². The monoisotopic (exact) mass is 328 g/mol. The number of para-hydroxylation sites is 2. The summed E-state index contributed by atoms with van der Waals surface area (Å²) >= 11 is 0. The quantitative estimate of drug-likeness (QED) is 0.729. The molecule has 0 aliphatic carbocycles. The van der Waals surface area contributed by atoms with Gasteiger partial charge < -0.3 is 20.3 Å². The Labute approximate surface area is 142 Å². The van der Waals surface area contributed by atoms with Gasteiger partial charge in [0, 0.05) is 18.4 Å². The number of hydrogen-bond acceptors (Lipinski definition) is 5. The summed E-state index contributed by atoms with van der Waals surface area (Å²) in [5, 5.41) is 6.14. The van der Waals surface area contributed by atoms with E-state index in [0.717, 1.165) is 30.1 Å². The van der Waals surface area contributed by atoms with Crippen LogP contribution in [0.2, 0.25) is 0 Å². The smallest absolute Gasteiger partial charge is 0.269 e. The number of carbonyl (C=O) groups is 1. The van der Waals surface area contributed by atoms with Gasteiger partial charge in [-0.25, -0.2) is 0 Å². The van der Waals surface area contributed by atoms with Crippen molar-refractivity contribution in [1.29, 1.82) is 0 Å². The third-order valence-corrected chi connectivity index (χ3v) is 3.45. The van der Waals surface area contributed by atoms with Gasteiger partial charge >= 0.3 is 0 Å². The molecular formula is C18H24N4O2. The molecule has 2 aromatic rings. The predicted octanol–water partition coefficient (Wildman–Crippen LogP) is 2.52. The first-order chi connectivity index (χ1) is 11.6. The highest BCUT2D eigenvalue weighted by molar-refractivity contribution is 5.93. The first kappa shape index (κ1) is 17.7. The van der Waals surface area contributed by atoms with Gasteiger partial charge in [-0.2, -0.15) is 0 Å². The summed E-state index contributed by atoms with van der Waals surface area (Å²) in [6, 6.07) is 11.2. The number of aromatic nitrogens is 1.